The molecule has 0 aliphatic heterocycles. The van der Waals surface area contributed by atoms with Crippen LogP contribution in [0.5, 0.6) is 0 Å². The zero-order chi connectivity index (χ0) is 13.0. The maximum Gasteiger partial charge on any atom is 0.0623 e. The Kier molecular flexibility index (Phi) is 4.10. The number of aryl methyl sites for hydroxylation is 2. The van der Waals surface area contributed by atoms with Gasteiger partial charge in [0, 0.05) is 30.7 Å². The number of hydrogen-bond donors (Lipinski definition) is 1. The van der Waals surface area contributed by atoms with E-state index in [-0.39, 0.29) is 6.04 Å². The smallest absolute Gasteiger partial charge is 0.0623 e. The monoisotopic (exact) mass is 244 g/mol. The molecule has 0 radical (unpaired) electrons. The Balaban J connectivity index is 2.30. The highest BCUT2D eigenvalue weighted by atomic mass is 15.3. The summed E-state index contributed by atoms with van der Waals surface area (Å²) in [6.45, 7) is 5.22. The molecule has 0 aromatic carbocycles. The van der Waals surface area contributed by atoms with Crippen LogP contribution >= 0.6 is 0 Å². The van der Waals surface area contributed by atoms with Crippen LogP contribution in [0.2, 0.25) is 0 Å². The Hall–Kier alpha value is -1.68. The summed E-state index contributed by atoms with van der Waals surface area (Å²) in [4.78, 5) is 4.22. The lowest BCUT2D eigenvalue weighted by Crippen LogP contribution is -2.18. The van der Waals surface area contributed by atoms with Crippen molar-refractivity contribution >= 4 is 0 Å². The first-order chi connectivity index (χ1) is 8.76. The van der Waals surface area contributed by atoms with Gasteiger partial charge in [0.2, 0.25) is 0 Å². The molecule has 4 heteroatoms. The first-order valence-electron chi connectivity index (χ1n) is 6.36. The summed E-state index contributed by atoms with van der Waals surface area (Å²) in [5.41, 5.74) is 3.63. The molecular formula is C14H20N4. The summed E-state index contributed by atoms with van der Waals surface area (Å²) >= 11 is 0. The second kappa shape index (κ2) is 5.78. The van der Waals surface area contributed by atoms with Crippen LogP contribution in [0, 0.1) is 6.92 Å². The van der Waals surface area contributed by atoms with E-state index in [2.05, 4.69) is 35.4 Å². The highest BCUT2D eigenvalue weighted by Crippen LogP contribution is 2.23. The molecule has 0 bridgehead atoms. The van der Waals surface area contributed by atoms with Crippen molar-refractivity contribution < 1.29 is 0 Å². The van der Waals surface area contributed by atoms with E-state index in [1.165, 1.54) is 16.7 Å². The fourth-order valence-corrected chi connectivity index (χ4v) is 2.16. The minimum absolute atomic E-state index is 0.157. The maximum atomic E-state index is 4.39. The number of hydrogen-bond acceptors (Lipinski definition) is 3. The topological polar surface area (TPSA) is 42.7 Å². The summed E-state index contributed by atoms with van der Waals surface area (Å²) in [5.74, 6) is 0. The summed E-state index contributed by atoms with van der Waals surface area (Å²) < 4.78 is 1.99. The second-order valence-corrected chi connectivity index (χ2v) is 4.49. The van der Waals surface area contributed by atoms with Crippen LogP contribution in [0.4, 0.5) is 0 Å². The van der Waals surface area contributed by atoms with E-state index in [4.69, 9.17) is 0 Å². The van der Waals surface area contributed by atoms with Crippen molar-refractivity contribution in [2.45, 2.75) is 32.9 Å². The normalized spacial score (nSPS) is 12.6. The Labute approximate surface area is 108 Å². The van der Waals surface area contributed by atoms with Crippen LogP contribution in [0.1, 0.15) is 36.1 Å². The lowest BCUT2D eigenvalue weighted by atomic mass is 9.99. The van der Waals surface area contributed by atoms with Crippen molar-refractivity contribution in [2.75, 3.05) is 7.05 Å². The molecule has 1 unspecified atom stereocenters. The van der Waals surface area contributed by atoms with Crippen molar-refractivity contribution in [1.29, 1.82) is 0 Å². The second-order valence-electron chi connectivity index (χ2n) is 4.49. The highest BCUT2D eigenvalue weighted by molar-refractivity contribution is 5.32. The number of rotatable bonds is 5. The van der Waals surface area contributed by atoms with Crippen LogP contribution in [-0.2, 0) is 6.54 Å². The fourth-order valence-electron chi connectivity index (χ4n) is 2.16. The molecule has 0 saturated heterocycles. The predicted octanol–water partition coefficient (Wildman–Crippen LogP) is 2.31. The van der Waals surface area contributed by atoms with Gasteiger partial charge in [-0.25, -0.2) is 0 Å². The van der Waals surface area contributed by atoms with Crippen LogP contribution in [-0.4, -0.2) is 21.8 Å². The van der Waals surface area contributed by atoms with Crippen LogP contribution in [0.3, 0.4) is 0 Å². The Bertz CT molecular complexity index is 504. The summed E-state index contributed by atoms with van der Waals surface area (Å²) in [7, 11) is 1.97. The quantitative estimate of drug-likeness (QED) is 0.877. The molecule has 0 saturated carbocycles. The van der Waals surface area contributed by atoms with E-state index >= 15 is 0 Å². The summed E-state index contributed by atoms with van der Waals surface area (Å²) in [6, 6.07) is 2.19. The molecule has 0 spiro atoms. The Morgan fingerprint density at radius 2 is 2.22 bits per heavy atom. The molecule has 0 fully saturated rings. The maximum absolute atomic E-state index is 4.39. The first-order valence-corrected chi connectivity index (χ1v) is 6.36. The van der Waals surface area contributed by atoms with Crippen molar-refractivity contribution in [3.05, 3.63) is 47.5 Å². The average Bonchev–Trinajstić information content (AvgIpc) is 2.82. The van der Waals surface area contributed by atoms with Gasteiger partial charge in [0.25, 0.3) is 0 Å². The largest absolute Gasteiger partial charge is 0.309 e. The molecule has 0 aliphatic carbocycles. The van der Waals surface area contributed by atoms with Gasteiger partial charge in [-0.05, 0) is 37.6 Å². The molecule has 2 aromatic heterocycles. The van der Waals surface area contributed by atoms with Gasteiger partial charge in [0.05, 0.1) is 12.2 Å². The third kappa shape index (κ3) is 2.59. The molecule has 2 aromatic rings. The Morgan fingerprint density at radius 1 is 1.39 bits per heavy atom. The van der Waals surface area contributed by atoms with Crippen molar-refractivity contribution in [1.82, 2.24) is 20.1 Å². The lowest BCUT2D eigenvalue weighted by Gasteiger charge is -2.16. The molecule has 1 N–H and O–H groups in total. The number of aromatic nitrogens is 3. The SMILES string of the molecule is CCCn1cc(C(NC)c2cnccc2C)cn1. The minimum Gasteiger partial charge on any atom is -0.309 e. The number of pyridine rings is 1. The molecule has 0 aliphatic rings. The minimum atomic E-state index is 0.157. The van der Waals surface area contributed by atoms with E-state index < -0.39 is 0 Å². The first kappa shape index (κ1) is 12.8. The van der Waals surface area contributed by atoms with Crippen molar-refractivity contribution in [2.24, 2.45) is 0 Å². The molecule has 2 rings (SSSR count). The molecule has 18 heavy (non-hydrogen) atoms. The van der Waals surface area contributed by atoms with E-state index in [1.54, 1.807) is 0 Å². The summed E-state index contributed by atoms with van der Waals surface area (Å²) in [6.07, 6.45) is 8.89. The van der Waals surface area contributed by atoms with Crippen molar-refractivity contribution in [3.8, 4) is 0 Å². The standard InChI is InChI=1S/C14H20N4/c1-4-7-18-10-12(8-17-18)14(15-3)13-9-16-6-5-11(13)2/h5-6,8-10,14-15H,4,7H2,1-3H3. The average molecular weight is 244 g/mol. The molecule has 1 atom stereocenters. The molecule has 2 heterocycles. The lowest BCUT2D eigenvalue weighted by molar-refractivity contribution is 0.600. The van der Waals surface area contributed by atoms with Crippen LogP contribution < -0.4 is 5.32 Å². The molecule has 96 valence electrons. The van der Waals surface area contributed by atoms with Gasteiger partial charge < -0.3 is 5.32 Å². The highest BCUT2D eigenvalue weighted by Gasteiger charge is 2.15. The van der Waals surface area contributed by atoms with E-state index in [9.17, 15) is 0 Å². The van der Waals surface area contributed by atoms with Crippen molar-refractivity contribution in [3.63, 3.8) is 0 Å². The van der Waals surface area contributed by atoms with Gasteiger partial charge in [0.15, 0.2) is 0 Å². The van der Waals surface area contributed by atoms with E-state index in [1.807, 2.05) is 36.4 Å². The van der Waals surface area contributed by atoms with E-state index in [0.29, 0.717) is 0 Å². The van der Waals surface area contributed by atoms with Crippen LogP contribution in [0.25, 0.3) is 0 Å². The molecule has 4 nitrogen and oxygen atoms in total. The summed E-state index contributed by atoms with van der Waals surface area (Å²) in [5, 5.41) is 7.72. The predicted molar refractivity (Wildman–Crippen MR) is 72.4 cm³/mol. The molecular weight excluding hydrogens is 224 g/mol. The van der Waals surface area contributed by atoms with Gasteiger partial charge >= 0.3 is 0 Å². The third-order valence-electron chi connectivity index (χ3n) is 3.12. The van der Waals surface area contributed by atoms with Gasteiger partial charge in [-0.1, -0.05) is 6.92 Å². The van der Waals surface area contributed by atoms with Gasteiger partial charge in [-0.2, -0.15) is 5.10 Å². The number of nitrogens with one attached hydrogen (secondary N) is 1. The van der Waals surface area contributed by atoms with Gasteiger partial charge in [0.1, 0.15) is 0 Å². The third-order valence-corrected chi connectivity index (χ3v) is 3.12. The Morgan fingerprint density at radius 3 is 2.89 bits per heavy atom. The fraction of sp³-hybridized carbons (Fsp3) is 0.429. The zero-order valence-electron chi connectivity index (χ0n) is 11.2. The van der Waals surface area contributed by atoms with Crippen LogP contribution in [0.15, 0.2) is 30.9 Å². The zero-order valence-corrected chi connectivity index (χ0v) is 11.2. The van der Waals surface area contributed by atoms with Gasteiger partial charge in [-0.3, -0.25) is 9.67 Å². The van der Waals surface area contributed by atoms with Gasteiger partial charge in [-0.15, -0.1) is 0 Å². The molecule has 0 amide bonds. The van der Waals surface area contributed by atoms with E-state index in [0.717, 1.165) is 13.0 Å². The number of nitrogens with zero attached hydrogens (tertiary/aromatic N) is 3.